The summed E-state index contributed by atoms with van der Waals surface area (Å²) in [6, 6.07) is 5.21. The molecule has 0 fully saturated rings. The molecule has 0 aliphatic heterocycles. The van der Waals surface area contributed by atoms with E-state index in [1.807, 2.05) is 13.8 Å². The zero-order chi connectivity index (χ0) is 17.5. The van der Waals surface area contributed by atoms with E-state index in [-0.39, 0.29) is 18.2 Å². The summed E-state index contributed by atoms with van der Waals surface area (Å²) in [4.78, 5) is 24.1. The van der Waals surface area contributed by atoms with Crippen LogP contribution in [0, 0.1) is 6.92 Å². The van der Waals surface area contributed by atoms with Gasteiger partial charge in [-0.3, -0.25) is 9.59 Å². The van der Waals surface area contributed by atoms with E-state index in [9.17, 15) is 14.7 Å². The molecular weight excluding hydrogens is 292 g/mol. The first-order valence-electron chi connectivity index (χ1n) is 8.20. The molecular formula is C18H28N2O3. The van der Waals surface area contributed by atoms with E-state index in [2.05, 4.69) is 10.6 Å². The summed E-state index contributed by atoms with van der Waals surface area (Å²) >= 11 is 0. The van der Waals surface area contributed by atoms with Crippen LogP contribution in [0.5, 0.6) is 0 Å². The van der Waals surface area contributed by atoms with Crippen molar-refractivity contribution in [1.82, 2.24) is 5.32 Å². The topological polar surface area (TPSA) is 78.4 Å². The molecule has 5 nitrogen and oxygen atoms in total. The molecule has 0 aliphatic carbocycles. The van der Waals surface area contributed by atoms with Crippen molar-refractivity contribution in [3.63, 3.8) is 0 Å². The lowest BCUT2D eigenvalue weighted by atomic mass is 9.89. The van der Waals surface area contributed by atoms with Crippen molar-refractivity contribution in [2.24, 2.45) is 0 Å². The lowest BCUT2D eigenvalue weighted by molar-refractivity contribution is -0.121. The summed E-state index contributed by atoms with van der Waals surface area (Å²) in [5.74, 6) is -0.418. The van der Waals surface area contributed by atoms with Crippen LogP contribution in [0.3, 0.4) is 0 Å². The number of anilines is 1. The molecule has 0 saturated carbocycles. The summed E-state index contributed by atoms with van der Waals surface area (Å²) in [6.07, 6.45) is 2.93. The quantitative estimate of drug-likeness (QED) is 0.689. The molecule has 0 spiro atoms. The number of hydrogen-bond acceptors (Lipinski definition) is 3. The molecule has 0 bridgehead atoms. The minimum absolute atomic E-state index is 0.0678. The Labute approximate surface area is 138 Å². The molecule has 0 aliphatic rings. The molecule has 128 valence electrons. The van der Waals surface area contributed by atoms with Gasteiger partial charge in [-0.15, -0.1) is 0 Å². The van der Waals surface area contributed by atoms with Gasteiger partial charge in [0.05, 0.1) is 12.0 Å². The van der Waals surface area contributed by atoms with E-state index in [0.29, 0.717) is 24.1 Å². The number of hydrogen-bond donors (Lipinski definition) is 3. The molecule has 0 radical (unpaired) electrons. The van der Waals surface area contributed by atoms with E-state index in [1.54, 1.807) is 32.2 Å². The lowest BCUT2D eigenvalue weighted by Crippen LogP contribution is -2.34. The van der Waals surface area contributed by atoms with Crippen molar-refractivity contribution in [2.75, 3.05) is 12.4 Å². The van der Waals surface area contributed by atoms with Crippen LogP contribution in [0.25, 0.3) is 0 Å². The highest BCUT2D eigenvalue weighted by Gasteiger charge is 2.28. The Kier molecular flexibility index (Phi) is 7.23. The maximum Gasteiger partial charge on any atom is 0.251 e. The summed E-state index contributed by atoms with van der Waals surface area (Å²) < 4.78 is 0. The molecule has 1 aromatic rings. The molecule has 2 amide bonds. The number of aliphatic hydroxyl groups is 1. The second kappa shape index (κ2) is 8.67. The average molecular weight is 320 g/mol. The standard InChI is InChI=1S/C18H28N2O3/c1-5-10-18(23,11-6-2)12-16(21)20-15-9-7-8-14(13(15)3)17(22)19-4/h7-9,23H,5-6,10-12H2,1-4H3,(H,19,22)(H,20,21). The number of rotatable bonds is 8. The van der Waals surface area contributed by atoms with Crippen LogP contribution in [0.4, 0.5) is 5.69 Å². The van der Waals surface area contributed by atoms with Crippen molar-refractivity contribution in [1.29, 1.82) is 0 Å². The van der Waals surface area contributed by atoms with Crippen molar-refractivity contribution < 1.29 is 14.7 Å². The summed E-state index contributed by atoms with van der Waals surface area (Å²) in [5.41, 5.74) is 0.892. The third kappa shape index (κ3) is 5.36. The third-order valence-corrected chi connectivity index (χ3v) is 4.00. The molecule has 23 heavy (non-hydrogen) atoms. The van der Waals surface area contributed by atoms with Gasteiger partial charge < -0.3 is 15.7 Å². The van der Waals surface area contributed by atoms with Gasteiger partial charge in [0.1, 0.15) is 0 Å². The van der Waals surface area contributed by atoms with Crippen molar-refractivity contribution >= 4 is 17.5 Å². The largest absolute Gasteiger partial charge is 0.389 e. The van der Waals surface area contributed by atoms with Crippen LogP contribution in [0.15, 0.2) is 18.2 Å². The van der Waals surface area contributed by atoms with Crippen LogP contribution < -0.4 is 10.6 Å². The molecule has 0 atom stereocenters. The number of nitrogens with one attached hydrogen (secondary N) is 2. The fraction of sp³-hybridized carbons (Fsp3) is 0.556. The van der Waals surface area contributed by atoms with Crippen LogP contribution >= 0.6 is 0 Å². The first-order valence-corrected chi connectivity index (χ1v) is 8.20. The first-order chi connectivity index (χ1) is 10.9. The van der Waals surface area contributed by atoms with Gasteiger partial charge in [0, 0.05) is 18.3 Å². The molecule has 5 heteroatoms. The van der Waals surface area contributed by atoms with Crippen LogP contribution in [-0.4, -0.2) is 29.6 Å². The zero-order valence-electron chi connectivity index (χ0n) is 14.5. The fourth-order valence-electron chi connectivity index (χ4n) is 2.88. The smallest absolute Gasteiger partial charge is 0.251 e. The molecule has 0 unspecified atom stereocenters. The normalized spacial score (nSPS) is 11.2. The Balaban J connectivity index is 2.87. The average Bonchev–Trinajstić information content (AvgIpc) is 2.48. The Bertz CT molecular complexity index is 549. The minimum atomic E-state index is -0.958. The van der Waals surface area contributed by atoms with Crippen LogP contribution in [0.1, 0.15) is 61.9 Å². The first kappa shape index (κ1) is 19.2. The Morgan fingerprint density at radius 3 is 2.30 bits per heavy atom. The molecule has 0 heterocycles. The van der Waals surface area contributed by atoms with Gasteiger partial charge in [0.2, 0.25) is 5.91 Å². The summed E-state index contributed by atoms with van der Waals surface area (Å²) in [7, 11) is 1.57. The number of benzene rings is 1. The van der Waals surface area contributed by atoms with E-state index in [4.69, 9.17) is 0 Å². The SMILES string of the molecule is CCCC(O)(CCC)CC(=O)Nc1cccc(C(=O)NC)c1C. The van der Waals surface area contributed by atoms with Gasteiger partial charge in [-0.25, -0.2) is 0 Å². The number of carbonyl (C=O) groups excluding carboxylic acids is 2. The maximum atomic E-state index is 12.3. The van der Waals surface area contributed by atoms with E-state index in [0.717, 1.165) is 18.4 Å². The second-order valence-electron chi connectivity index (χ2n) is 6.01. The Hall–Kier alpha value is -1.88. The number of carbonyl (C=O) groups is 2. The van der Waals surface area contributed by atoms with E-state index < -0.39 is 5.60 Å². The molecule has 1 aromatic carbocycles. The van der Waals surface area contributed by atoms with Gasteiger partial charge in [-0.2, -0.15) is 0 Å². The van der Waals surface area contributed by atoms with Crippen molar-refractivity contribution in [3.05, 3.63) is 29.3 Å². The van der Waals surface area contributed by atoms with Crippen molar-refractivity contribution in [3.8, 4) is 0 Å². The highest BCUT2D eigenvalue weighted by Crippen LogP contribution is 2.25. The maximum absolute atomic E-state index is 12.3. The summed E-state index contributed by atoms with van der Waals surface area (Å²) in [6.45, 7) is 5.79. The predicted molar refractivity (Wildman–Crippen MR) is 92.6 cm³/mol. The lowest BCUT2D eigenvalue weighted by Gasteiger charge is -2.27. The van der Waals surface area contributed by atoms with Crippen LogP contribution in [0.2, 0.25) is 0 Å². The van der Waals surface area contributed by atoms with Crippen molar-refractivity contribution in [2.45, 2.75) is 58.5 Å². The molecule has 0 saturated heterocycles. The third-order valence-electron chi connectivity index (χ3n) is 4.00. The minimum Gasteiger partial charge on any atom is -0.389 e. The van der Waals surface area contributed by atoms with Gasteiger partial charge in [0.15, 0.2) is 0 Å². The zero-order valence-corrected chi connectivity index (χ0v) is 14.5. The molecule has 0 aromatic heterocycles. The van der Waals surface area contributed by atoms with Gasteiger partial charge in [0.25, 0.3) is 5.91 Å². The van der Waals surface area contributed by atoms with Gasteiger partial charge in [-0.1, -0.05) is 32.8 Å². The van der Waals surface area contributed by atoms with Gasteiger partial charge in [-0.05, 0) is 37.5 Å². The second-order valence-corrected chi connectivity index (χ2v) is 6.01. The Morgan fingerprint density at radius 2 is 1.78 bits per heavy atom. The molecule has 1 rings (SSSR count). The van der Waals surface area contributed by atoms with Gasteiger partial charge >= 0.3 is 0 Å². The van der Waals surface area contributed by atoms with E-state index in [1.165, 1.54) is 0 Å². The highest BCUT2D eigenvalue weighted by atomic mass is 16.3. The Morgan fingerprint density at radius 1 is 1.17 bits per heavy atom. The summed E-state index contributed by atoms with van der Waals surface area (Å²) in [5, 5.41) is 16.0. The predicted octanol–water partition coefficient (Wildman–Crippen LogP) is 3.01. The number of amides is 2. The monoisotopic (exact) mass is 320 g/mol. The molecule has 3 N–H and O–H groups in total. The van der Waals surface area contributed by atoms with E-state index >= 15 is 0 Å². The highest BCUT2D eigenvalue weighted by molar-refractivity contribution is 5.99. The van der Waals surface area contributed by atoms with Crippen LogP contribution in [-0.2, 0) is 4.79 Å². The fourth-order valence-corrected chi connectivity index (χ4v) is 2.88.